The van der Waals surface area contributed by atoms with Crippen molar-refractivity contribution >= 4 is 17.8 Å². The van der Waals surface area contributed by atoms with Crippen LogP contribution in [0.3, 0.4) is 0 Å². The van der Waals surface area contributed by atoms with Crippen LogP contribution in [-0.4, -0.2) is 38.0 Å². The lowest BCUT2D eigenvalue weighted by Gasteiger charge is -2.20. The van der Waals surface area contributed by atoms with Gasteiger partial charge < -0.3 is 15.4 Å². The summed E-state index contributed by atoms with van der Waals surface area (Å²) in [5.74, 6) is 0.873. The number of ether oxygens (including phenoxy) is 1. The molecule has 6 nitrogen and oxygen atoms in total. The Balaban J connectivity index is 1.60. The van der Waals surface area contributed by atoms with Gasteiger partial charge in [-0.3, -0.25) is 14.4 Å². The van der Waals surface area contributed by atoms with Crippen molar-refractivity contribution < 1.29 is 19.1 Å². The summed E-state index contributed by atoms with van der Waals surface area (Å²) >= 11 is 0. The van der Waals surface area contributed by atoms with Gasteiger partial charge in [0.15, 0.2) is 6.61 Å². The molecule has 0 aromatic rings. The third-order valence-electron chi connectivity index (χ3n) is 4.40. The molecule has 20 heavy (non-hydrogen) atoms. The second-order valence-electron chi connectivity index (χ2n) is 5.75. The molecule has 0 saturated heterocycles. The van der Waals surface area contributed by atoms with Gasteiger partial charge in [-0.15, -0.1) is 0 Å². The SMILES string of the molecule is CNC(=O)CNC(=O)COC(=O)C[C@@H]1C[C@@H]2CC[C@H]1C2. The molecule has 2 fully saturated rings. The van der Waals surface area contributed by atoms with E-state index in [1.165, 1.54) is 26.3 Å². The first-order valence-corrected chi connectivity index (χ1v) is 7.21. The lowest BCUT2D eigenvalue weighted by molar-refractivity contribution is -0.149. The third kappa shape index (κ3) is 3.95. The zero-order chi connectivity index (χ0) is 14.5. The van der Waals surface area contributed by atoms with Crippen molar-refractivity contribution in [2.45, 2.75) is 32.1 Å². The summed E-state index contributed by atoms with van der Waals surface area (Å²) < 4.78 is 4.96. The smallest absolute Gasteiger partial charge is 0.306 e. The van der Waals surface area contributed by atoms with E-state index in [2.05, 4.69) is 10.6 Å². The summed E-state index contributed by atoms with van der Waals surface area (Å²) in [6.07, 6.45) is 5.34. The van der Waals surface area contributed by atoms with Gasteiger partial charge in [0.25, 0.3) is 5.91 Å². The van der Waals surface area contributed by atoms with Gasteiger partial charge in [0, 0.05) is 13.5 Å². The summed E-state index contributed by atoms with van der Waals surface area (Å²) in [5, 5.41) is 4.77. The Bertz CT molecular complexity index is 397. The van der Waals surface area contributed by atoms with Crippen LogP contribution in [0.25, 0.3) is 0 Å². The first-order chi connectivity index (χ1) is 9.58. The first kappa shape index (κ1) is 14.8. The van der Waals surface area contributed by atoms with E-state index >= 15 is 0 Å². The van der Waals surface area contributed by atoms with Gasteiger partial charge in [-0.2, -0.15) is 0 Å². The molecule has 2 bridgehead atoms. The van der Waals surface area contributed by atoms with E-state index in [1.54, 1.807) is 0 Å². The summed E-state index contributed by atoms with van der Waals surface area (Å²) in [6, 6.07) is 0. The number of amides is 2. The fraction of sp³-hybridized carbons (Fsp3) is 0.786. The summed E-state index contributed by atoms with van der Waals surface area (Å²) in [5.41, 5.74) is 0. The van der Waals surface area contributed by atoms with Gasteiger partial charge in [-0.1, -0.05) is 6.42 Å². The van der Waals surface area contributed by atoms with Crippen LogP contribution in [0, 0.1) is 17.8 Å². The second-order valence-corrected chi connectivity index (χ2v) is 5.75. The maximum absolute atomic E-state index is 11.7. The van der Waals surface area contributed by atoms with Gasteiger partial charge in [-0.05, 0) is 37.0 Å². The van der Waals surface area contributed by atoms with Gasteiger partial charge in [0.05, 0.1) is 6.54 Å². The summed E-state index contributed by atoms with van der Waals surface area (Å²) in [7, 11) is 1.49. The standard InChI is InChI=1S/C14H22N2O4/c1-15-12(17)7-16-13(18)8-20-14(19)6-11-5-9-2-3-10(11)4-9/h9-11H,2-8H2,1H3,(H,15,17)(H,16,18)/t9-,10+,11+/m1/s1. The van der Waals surface area contributed by atoms with Gasteiger partial charge in [0.2, 0.25) is 5.91 Å². The molecular formula is C14H22N2O4. The van der Waals surface area contributed by atoms with Gasteiger partial charge in [-0.25, -0.2) is 0 Å². The fourth-order valence-electron chi connectivity index (χ4n) is 3.36. The number of likely N-dealkylation sites (N-methyl/N-ethyl adjacent to an activating group) is 1. The molecule has 0 unspecified atom stereocenters. The average Bonchev–Trinajstić information content (AvgIpc) is 3.04. The van der Waals surface area contributed by atoms with Crippen molar-refractivity contribution in [2.24, 2.45) is 17.8 Å². The molecule has 0 radical (unpaired) electrons. The van der Waals surface area contributed by atoms with E-state index in [0.29, 0.717) is 18.3 Å². The van der Waals surface area contributed by atoms with E-state index in [9.17, 15) is 14.4 Å². The molecule has 3 atom stereocenters. The van der Waals surface area contributed by atoms with E-state index in [-0.39, 0.29) is 25.0 Å². The van der Waals surface area contributed by atoms with Crippen LogP contribution in [0.4, 0.5) is 0 Å². The average molecular weight is 282 g/mol. The molecule has 2 aliphatic rings. The molecule has 112 valence electrons. The lowest BCUT2D eigenvalue weighted by atomic mass is 9.86. The molecule has 0 heterocycles. The van der Waals surface area contributed by atoms with Crippen LogP contribution in [0.1, 0.15) is 32.1 Å². The highest BCUT2D eigenvalue weighted by Gasteiger charge is 2.40. The van der Waals surface area contributed by atoms with E-state index in [1.807, 2.05) is 0 Å². The first-order valence-electron chi connectivity index (χ1n) is 7.21. The van der Waals surface area contributed by atoms with E-state index < -0.39 is 5.91 Å². The monoisotopic (exact) mass is 282 g/mol. The van der Waals surface area contributed by atoms with E-state index in [0.717, 1.165) is 12.3 Å². The number of carbonyl (C=O) groups is 3. The molecular weight excluding hydrogens is 260 g/mol. The molecule has 0 aromatic heterocycles. The van der Waals surface area contributed by atoms with Crippen molar-refractivity contribution in [1.29, 1.82) is 0 Å². The predicted octanol–water partition coefficient (Wildman–Crippen LogP) is 0.218. The molecule has 2 amide bonds. The second kappa shape index (κ2) is 6.72. The van der Waals surface area contributed by atoms with E-state index in [4.69, 9.17) is 4.74 Å². The molecule has 0 aliphatic heterocycles. The Morgan fingerprint density at radius 2 is 1.95 bits per heavy atom. The molecule has 6 heteroatoms. The number of esters is 1. The van der Waals surface area contributed by atoms with Crippen LogP contribution in [-0.2, 0) is 19.1 Å². The van der Waals surface area contributed by atoms with Crippen molar-refractivity contribution in [2.75, 3.05) is 20.2 Å². The number of nitrogens with one attached hydrogen (secondary N) is 2. The van der Waals surface area contributed by atoms with Crippen LogP contribution >= 0.6 is 0 Å². The molecule has 2 rings (SSSR count). The highest BCUT2D eigenvalue weighted by molar-refractivity contribution is 5.86. The Morgan fingerprint density at radius 3 is 2.55 bits per heavy atom. The maximum atomic E-state index is 11.7. The molecule has 2 aliphatic carbocycles. The van der Waals surface area contributed by atoms with Crippen LogP contribution in [0.5, 0.6) is 0 Å². The zero-order valence-corrected chi connectivity index (χ0v) is 11.8. The highest BCUT2D eigenvalue weighted by Crippen LogP contribution is 2.49. The topological polar surface area (TPSA) is 84.5 Å². The Hall–Kier alpha value is -1.59. The number of rotatable bonds is 6. The van der Waals surface area contributed by atoms with Gasteiger partial charge in [0.1, 0.15) is 0 Å². The Labute approximate surface area is 118 Å². The predicted molar refractivity (Wildman–Crippen MR) is 71.6 cm³/mol. The normalized spacial score (nSPS) is 27.1. The minimum Gasteiger partial charge on any atom is -0.456 e. The number of hydrogen-bond acceptors (Lipinski definition) is 4. The van der Waals surface area contributed by atoms with Gasteiger partial charge >= 0.3 is 5.97 Å². The molecule has 0 spiro atoms. The van der Waals surface area contributed by atoms with Crippen molar-refractivity contribution in [3.05, 3.63) is 0 Å². The number of hydrogen-bond donors (Lipinski definition) is 2. The van der Waals surface area contributed by atoms with Crippen molar-refractivity contribution in [1.82, 2.24) is 10.6 Å². The summed E-state index contributed by atoms with van der Waals surface area (Å²) in [6.45, 7) is -0.407. The molecule has 2 saturated carbocycles. The number of carbonyl (C=O) groups excluding carboxylic acids is 3. The number of fused-ring (bicyclic) bond motifs is 2. The zero-order valence-electron chi connectivity index (χ0n) is 11.8. The largest absolute Gasteiger partial charge is 0.456 e. The molecule has 0 aromatic carbocycles. The minimum atomic E-state index is -0.449. The third-order valence-corrected chi connectivity index (χ3v) is 4.40. The van der Waals surface area contributed by atoms with Crippen LogP contribution in [0.2, 0.25) is 0 Å². The maximum Gasteiger partial charge on any atom is 0.306 e. The van der Waals surface area contributed by atoms with Crippen LogP contribution in [0.15, 0.2) is 0 Å². The minimum absolute atomic E-state index is 0.0980. The lowest BCUT2D eigenvalue weighted by Crippen LogP contribution is -2.37. The Kier molecular flexibility index (Phi) is 4.98. The highest BCUT2D eigenvalue weighted by atomic mass is 16.5. The van der Waals surface area contributed by atoms with Crippen molar-refractivity contribution in [3.8, 4) is 0 Å². The fourth-order valence-corrected chi connectivity index (χ4v) is 3.36. The Morgan fingerprint density at radius 1 is 1.15 bits per heavy atom. The van der Waals surface area contributed by atoms with Crippen molar-refractivity contribution in [3.63, 3.8) is 0 Å². The van der Waals surface area contributed by atoms with Crippen LogP contribution < -0.4 is 10.6 Å². The summed E-state index contributed by atoms with van der Waals surface area (Å²) in [4.78, 5) is 34.0. The molecule has 2 N–H and O–H groups in total. The quantitative estimate of drug-likeness (QED) is 0.682.